The molecule has 0 spiro atoms. The van der Waals surface area contributed by atoms with Crippen molar-refractivity contribution in [2.24, 2.45) is 0 Å². The summed E-state index contributed by atoms with van der Waals surface area (Å²) in [6.07, 6.45) is -4.49. The second-order valence-corrected chi connectivity index (χ2v) is 6.78. The van der Waals surface area contributed by atoms with Gasteiger partial charge in [-0.2, -0.15) is 13.2 Å². The van der Waals surface area contributed by atoms with E-state index in [4.69, 9.17) is 4.74 Å². The highest BCUT2D eigenvalue weighted by molar-refractivity contribution is 5.90. The molecule has 2 aromatic carbocycles. The van der Waals surface area contributed by atoms with Crippen LogP contribution in [0.2, 0.25) is 0 Å². The van der Waals surface area contributed by atoms with Crippen molar-refractivity contribution in [1.82, 2.24) is 0 Å². The molecule has 2 aromatic rings. The third-order valence-corrected chi connectivity index (χ3v) is 3.64. The molecule has 134 valence electrons. The van der Waals surface area contributed by atoms with Crippen molar-refractivity contribution in [2.45, 2.75) is 32.4 Å². The van der Waals surface area contributed by atoms with E-state index in [2.05, 4.69) is 20.8 Å². The average Bonchev–Trinajstić information content (AvgIpc) is 2.51. The Kier molecular flexibility index (Phi) is 5.11. The van der Waals surface area contributed by atoms with Crippen LogP contribution < -0.4 is 4.74 Å². The summed E-state index contributed by atoms with van der Waals surface area (Å²) in [5.74, 6) is -1.36. The second kappa shape index (κ2) is 6.78. The summed E-state index contributed by atoms with van der Waals surface area (Å²) in [5.41, 5.74) is 2.11. The Morgan fingerprint density at radius 1 is 1.00 bits per heavy atom. The van der Waals surface area contributed by atoms with Crippen molar-refractivity contribution in [1.29, 1.82) is 0 Å². The molecule has 0 saturated heterocycles. The molecule has 0 radical (unpaired) electrons. The van der Waals surface area contributed by atoms with E-state index in [1.807, 2.05) is 24.3 Å². The van der Waals surface area contributed by atoms with Crippen LogP contribution in [0.15, 0.2) is 42.5 Å². The summed E-state index contributed by atoms with van der Waals surface area (Å²) < 4.78 is 41.7. The van der Waals surface area contributed by atoms with Crippen LogP contribution in [0, 0.1) is 0 Å². The number of carboxylic acids is 1. The molecule has 0 fully saturated rings. The first kappa shape index (κ1) is 18.8. The number of halogens is 3. The molecule has 1 N–H and O–H groups in total. The smallest absolute Gasteiger partial charge is 0.422 e. The molecule has 0 aliphatic heterocycles. The molecule has 0 saturated carbocycles. The first-order valence-electron chi connectivity index (χ1n) is 7.64. The van der Waals surface area contributed by atoms with Gasteiger partial charge in [0.25, 0.3) is 0 Å². The van der Waals surface area contributed by atoms with Crippen LogP contribution in [-0.4, -0.2) is 23.9 Å². The molecule has 6 heteroatoms. The van der Waals surface area contributed by atoms with Crippen molar-refractivity contribution < 1.29 is 27.8 Å². The fourth-order valence-corrected chi connectivity index (χ4v) is 2.30. The lowest BCUT2D eigenvalue weighted by molar-refractivity contribution is -0.153. The fraction of sp³-hybridized carbons (Fsp3) is 0.316. The summed E-state index contributed by atoms with van der Waals surface area (Å²) >= 11 is 0. The molecule has 25 heavy (non-hydrogen) atoms. The Balaban J connectivity index is 2.39. The molecule has 0 aliphatic carbocycles. The topological polar surface area (TPSA) is 46.5 Å². The largest absolute Gasteiger partial charge is 0.484 e. The molecule has 0 aromatic heterocycles. The molecule has 2 rings (SSSR count). The molecule has 0 unspecified atom stereocenters. The molecule has 0 heterocycles. The lowest BCUT2D eigenvalue weighted by atomic mass is 9.86. The van der Waals surface area contributed by atoms with Gasteiger partial charge in [-0.05, 0) is 40.3 Å². The van der Waals surface area contributed by atoms with E-state index in [1.54, 1.807) is 0 Å². The SMILES string of the molecule is CC(C)(C)c1ccc(-c2cc(OCC(F)(F)F)cc(C(=O)O)c2)cc1. The van der Waals surface area contributed by atoms with Crippen molar-refractivity contribution >= 4 is 5.97 Å². The highest BCUT2D eigenvalue weighted by Crippen LogP contribution is 2.30. The van der Waals surface area contributed by atoms with Crippen LogP contribution in [0.4, 0.5) is 13.2 Å². The third-order valence-electron chi connectivity index (χ3n) is 3.64. The summed E-state index contributed by atoms with van der Waals surface area (Å²) in [6.45, 7) is 4.72. The minimum Gasteiger partial charge on any atom is -0.484 e. The van der Waals surface area contributed by atoms with E-state index in [1.165, 1.54) is 12.1 Å². The first-order valence-corrected chi connectivity index (χ1v) is 7.64. The van der Waals surface area contributed by atoms with E-state index in [0.29, 0.717) is 11.1 Å². The average molecular weight is 352 g/mol. The maximum Gasteiger partial charge on any atom is 0.422 e. The molecular weight excluding hydrogens is 333 g/mol. The van der Waals surface area contributed by atoms with Crippen LogP contribution in [0.25, 0.3) is 11.1 Å². The number of hydrogen-bond acceptors (Lipinski definition) is 2. The predicted molar refractivity (Wildman–Crippen MR) is 89.1 cm³/mol. The quantitative estimate of drug-likeness (QED) is 0.813. The zero-order valence-corrected chi connectivity index (χ0v) is 14.1. The Labute approximate surface area is 144 Å². The maximum atomic E-state index is 12.3. The van der Waals surface area contributed by atoms with Gasteiger partial charge in [-0.25, -0.2) is 4.79 Å². The maximum absolute atomic E-state index is 12.3. The predicted octanol–water partition coefficient (Wildman–Crippen LogP) is 5.29. The van der Waals surface area contributed by atoms with Crippen LogP contribution in [0.1, 0.15) is 36.7 Å². The molecule has 0 atom stereocenters. The van der Waals surface area contributed by atoms with Crippen LogP contribution in [-0.2, 0) is 5.41 Å². The number of ether oxygens (including phenoxy) is 1. The highest BCUT2D eigenvalue weighted by atomic mass is 19.4. The van der Waals surface area contributed by atoms with Crippen molar-refractivity contribution in [3.8, 4) is 16.9 Å². The monoisotopic (exact) mass is 352 g/mol. The number of alkyl halides is 3. The minimum atomic E-state index is -4.49. The second-order valence-electron chi connectivity index (χ2n) is 6.78. The van der Waals surface area contributed by atoms with Crippen LogP contribution in [0.3, 0.4) is 0 Å². The van der Waals surface area contributed by atoms with Crippen molar-refractivity contribution in [2.75, 3.05) is 6.61 Å². The highest BCUT2D eigenvalue weighted by Gasteiger charge is 2.28. The normalized spacial score (nSPS) is 12.1. The molecule has 0 bridgehead atoms. The van der Waals surface area contributed by atoms with Gasteiger partial charge in [0.15, 0.2) is 6.61 Å². The van der Waals surface area contributed by atoms with Gasteiger partial charge in [-0.1, -0.05) is 45.0 Å². The van der Waals surface area contributed by atoms with E-state index < -0.39 is 18.8 Å². The van der Waals surface area contributed by atoms with E-state index >= 15 is 0 Å². The standard InChI is InChI=1S/C19H19F3O3/c1-18(2,3)15-6-4-12(5-7-15)13-8-14(17(23)24)10-16(9-13)25-11-19(20,21)22/h4-10H,11H2,1-3H3,(H,23,24). The third kappa shape index (κ3) is 5.24. The summed E-state index contributed by atoms with van der Waals surface area (Å²) in [5, 5.41) is 9.18. The van der Waals surface area contributed by atoms with Gasteiger partial charge in [0.1, 0.15) is 5.75 Å². The van der Waals surface area contributed by atoms with Gasteiger partial charge in [0, 0.05) is 0 Å². The zero-order chi connectivity index (χ0) is 18.8. The number of aromatic carboxylic acids is 1. The van der Waals surface area contributed by atoms with Crippen LogP contribution >= 0.6 is 0 Å². The Morgan fingerprint density at radius 2 is 1.60 bits per heavy atom. The number of rotatable bonds is 4. The van der Waals surface area contributed by atoms with Gasteiger partial charge < -0.3 is 9.84 Å². The number of carboxylic acid groups (broad SMARTS) is 1. The zero-order valence-electron chi connectivity index (χ0n) is 14.1. The fourth-order valence-electron chi connectivity index (χ4n) is 2.30. The van der Waals surface area contributed by atoms with Crippen molar-refractivity contribution in [3.63, 3.8) is 0 Å². The number of carbonyl (C=O) groups is 1. The number of benzene rings is 2. The molecule has 3 nitrogen and oxygen atoms in total. The first-order chi connectivity index (χ1) is 11.5. The van der Waals surface area contributed by atoms with Crippen molar-refractivity contribution in [3.05, 3.63) is 53.6 Å². The van der Waals surface area contributed by atoms with Gasteiger partial charge >= 0.3 is 12.1 Å². The van der Waals surface area contributed by atoms with E-state index in [0.717, 1.165) is 11.6 Å². The molecule has 0 amide bonds. The Morgan fingerprint density at radius 3 is 2.08 bits per heavy atom. The number of hydrogen-bond donors (Lipinski definition) is 1. The van der Waals surface area contributed by atoms with E-state index in [9.17, 15) is 23.1 Å². The van der Waals surface area contributed by atoms with E-state index in [-0.39, 0.29) is 16.7 Å². The lowest BCUT2D eigenvalue weighted by Gasteiger charge is -2.19. The van der Waals surface area contributed by atoms with Crippen LogP contribution in [0.5, 0.6) is 5.75 Å². The van der Waals surface area contributed by atoms with Gasteiger partial charge in [0.05, 0.1) is 5.56 Å². The summed E-state index contributed by atoms with van der Waals surface area (Å²) in [4.78, 5) is 11.2. The van der Waals surface area contributed by atoms with Gasteiger partial charge in [-0.3, -0.25) is 0 Å². The lowest BCUT2D eigenvalue weighted by Crippen LogP contribution is -2.19. The Hall–Kier alpha value is -2.50. The summed E-state index contributed by atoms with van der Waals surface area (Å²) in [6, 6.07) is 11.4. The summed E-state index contributed by atoms with van der Waals surface area (Å²) in [7, 11) is 0. The Bertz CT molecular complexity index is 757. The minimum absolute atomic E-state index is 0.0393. The molecular formula is C19H19F3O3. The van der Waals surface area contributed by atoms with Gasteiger partial charge in [-0.15, -0.1) is 0 Å². The molecule has 0 aliphatic rings. The van der Waals surface area contributed by atoms with Gasteiger partial charge in [0.2, 0.25) is 0 Å².